The highest BCUT2D eigenvalue weighted by molar-refractivity contribution is 7.89. The monoisotopic (exact) mass is 317 g/mol. The molecule has 1 aliphatic heterocycles. The van der Waals surface area contributed by atoms with Crippen LogP contribution in [0.15, 0.2) is 23.1 Å². The van der Waals surface area contributed by atoms with E-state index in [-0.39, 0.29) is 4.90 Å². The molecule has 7 heteroatoms. The van der Waals surface area contributed by atoms with Gasteiger partial charge < -0.3 is 4.74 Å². The highest BCUT2D eigenvalue weighted by Gasteiger charge is 2.40. The predicted octanol–water partition coefficient (Wildman–Crippen LogP) is 1.97. The Morgan fingerprint density at radius 2 is 2.15 bits per heavy atom. The zero-order valence-corrected chi connectivity index (χ0v) is 12.9. The van der Waals surface area contributed by atoms with Crippen molar-refractivity contribution in [1.82, 2.24) is 4.31 Å². The molecule has 110 valence electrons. The number of halogens is 1. The molecule has 0 aliphatic carbocycles. The third-order valence-corrected chi connectivity index (χ3v) is 5.70. The molecular weight excluding hydrogens is 302 g/mol. The fourth-order valence-electron chi connectivity index (χ4n) is 2.43. The molecule has 0 aromatic heterocycles. The van der Waals surface area contributed by atoms with Crippen LogP contribution in [0.5, 0.6) is 0 Å². The number of sulfonamides is 1. The molecule has 0 spiro atoms. The zero-order valence-electron chi connectivity index (χ0n) is 11.3. The third kappa shape index (κ3) is 2.68. The van der Waals surface area contributed by atoms with E-state index in [4.69, 9.17) is 11.6 Å². The van der Waals surface area contributed by atoms with Gasteiger partial charge in [-0.2, -0.15) is 4.31 Å². The van der Waals surface area contributed by atoms with Crippen LogP contribution in [0.2, 0.25) is 5.02 Å². The maximum absolute atomic E-state index is 12.7. The Balaban J connectivity index is 2.41. The summed E-state index contributed by atoms with van der Waals surface area (Å²) < 4.78 is 31.2. The van der Waals surface area contributed by atoms with E-state index in [1.54, 1.807) is 13.0 Å². The van der Waals surface area contributed by atoms with Crippen molar-refractivity contribution in [2.75, 3.05) is 13.7 Å². The Morgan fingerprint density at radius 1 is 1.45 bits per heavy atom. The van der Waals surface area contributed by atoms with Crippen molar-refractivity contribution < 1.29 is 17.9 Å². The molecule has 1 aromatic carbocycles. The topological polar surface area (TPSA) is 63.7 Å². The number of esters is 1. The molecular formula is C13H16ClNO4S. The Labute approximate surface area is 123 Å². The van der Waals surface area contributed by atoms with Crippen molar-refractivity contribution >= 4 is 27.6 Å². The summed E-state index contributed by atoms with van der Waals surface area (Å²) in [7, 11) is -2.45. The number of methoxy groups -OCH3 is 1. The minimum atomic E-state index is -3.72. The molecule has 0 N–H and O–H groups in total. The minimum Gasteiger partial charge on any atom is -0.468 e. The number of hydrogen-bond donors (Lipinski definition) is 0. The van der Waals surface area contributed by atoms with Gasteiger partial charge in [-0.3, -0.25) is 4.79 Å². The molecule has 1 aliphatic rings. The van der Waals surface area contributed by atoms with Gasteiger partial charge in [0.25, 0.3) is 0 Å². The molecule has 1 atom stereocenters. The molecule has 1 aromatic rings. The number of hydrogen-bond acceptors (Lipinski definition) is 4. The standard InChI is InChI=1S/C13H16ClNO4S/c1-9-8-10(14)5-6-12(9)20(17,18)15-7-3-4-11(15)13(16)19-2/h5-6,8,11H,3-4,7H2,1-2H3. The summed E-state index contributed by atoms with van der Waals surface area (Å²) in [6, 6.07) is 3.86. The Morgan fingerprint density at radius 3 is 2.75 bits per heavy atom. The van der Waals surface area contributed by atoms with E-state index >= 15 is 0 Å². The van der Waals surface area contributed by atoms with E-state index < -0.39 is 22.0 Å². The molecule has 20 heavy (non-hydrogen) atoms. The van der Waals surface area contributed by atoms with Gasteiger partial charge in [-0.15, -0.1) is 0 Å². The van der Waals surface area contributed by atoms with Gasteiger partial charge in [-0.1, -0.05) is 11.6 Å². The first-order valence-corrected chi connectivity index (χ1v) is 8.05. The van der Waals surface area contributed by atoms with Crippen LogP contribution >= 0.6 is 11.6 Å². The maximum Gasteiger partial charge on any atom is 0.324 e. The fourth-order valence-corrected chi connectivity index (χ4v) is 4.51. The van der Waals surface area contributed by atoms with E-state index in [0.717, 1.165) is 0 Å². The molecule has 1 fully saturated rings. The summed E-state index contributed by atoms with van der Waals surface area (Å²) in [6.45, 7) is 2.01. The van der Waals surface area contributed by atoms with Crippen LogP contribution < -0.4 is 0 Å². The molecule has 1 heterocycles. The number of aryl methyl sites for hydroxylation is 1. The zero-order chi connectivity index (χ0) is 14.9. The first kappa shape index (κ1) is 15.3. The van der Waals surface area contributed by atoms with Crippen molar-refractivity contribution in [3.05, 3.63) is 28.8 Å². The second kappa shape index (κ2) is 5.71. The van der Waals surface area contributed by atoms with Crippen LogP contribution in [0.4, 0.5) is 0 Å². The lowest BCUT2D eigenvalue weighted by atomic mass is 10.2. The number of nitrogens with zero attached hydrogens (tertiary/aromatic N) is 1. The average molecular weight is 318 g/mol. The van der Waals surface area contributed by atoms with E-state index in [2.05, 4.69) is 4.74 Å². The summed E-state index contributed by atoms with van der Waals surface area (Å²) in [5, 5.41) is 0.479. The summed E-state index contributed by atoms with van der Waals surface area (Å²) in [4.78, 5) is 11.9. The van der Waals surface area contributed by atoms with E-state index in [0.29, 0.717) is 30.0 Å². The van der Waals surface area contributed by atoms with Crippen LogP contribution in [0.25, 0.3) is 0 Å². The highest BCUT2D eigenvalue weighted by atomic mass is 35.5. The molecule has 1 saturated heterocycles. The lowest BCUT2D eigenvalue weighted by Crippen LogP contribution is -2.41. The maximum atomic E-state index is 12.7. The number of carbonyl (C=O) groups excluding carboxylic acids is 1. The number of rotatable bonds is 3. The number of carbonyl (C=O) groups is 1. The average Bonchev–Trinajstić information content (AvgIpc) is 2.87. The van der Waals surface area contributed by atoms with Gasteiger partial charge in [0.1, 0.15) is 6.04 Å². The van der Waals surface area contributed by atoms with Crippen molar-refractivity contribution in [1.29, 1.82) is 0 Å². The molecule has 0 bridgehead atoms. The molecule has 2 rings (SSSR count). The van der Waals surface area contributed by atoms with E-state index in [9.17, 15) is 13.2 Å². The summed E-state index contributed by atoms with van der Waals surface area (Å²) in [5.74, 6) is -0.516. The van der Waals surface area contributed by atoms with Crippen molar-refractivity contribution in [3.8, 4) is 0 Å². The van der Waals surface area contributed by atoms with Crippen LogP contribution in [0, 0.1) is 6.92 Å². The van der Waals surface area contributed by atoms with Gasteiger partial charge in [0.2, 0.25) is 10.0 Å². The first-order chi connectivity index (χ1) is 9.37. The second-order valence-corrected chi connectivity index (χ2v) is 7.00. The van der Waals surface area contributed by atoms with Crippen LogP contribution in [-0.4, -0.2) is 38.4 Å². The van der Waals surface area contributed by atoms with Crippen LogP contribution in [0.3, 0.4) is 0 Å². The van der Waals surface area contributed by atoms with Gasteiger partial charge in [0.15, 0.2) is 0 Å². The molecule has 5 nitrogen and oxygen atoms in total. The minimum absolute atomic E-state index is 0.178. The first-order valence-electron chi connectivity index (χ1n) is 6.23. The highest BCUT2D eigenvalue weighted by Crippen LogP contribution is 2.29. The van der Waals surface area contributed by atoms with Crippen molar-refractivity contribution in [3.63, 3.8) is 0 Å². The Kier molecular flexibility index (Phi) is 4.36. The second-order valence-electron chi connectivity index (χ2n) is 4.71. The fraction of sp³-hybridized carbons (Fsp3) is 0.462. The molecule has 0 radical (unpaired) electrons. The smallest absolute Gasteiger partial charge is 0.324 e. The normalized spacial score (nSPS) is 20.1. The quantitative estimate of drug-likeness (QED) is 0.800. The largest absolute Gasteiger partial charge is 0.468 e. The van der Waals surface area contributed by atoms with Gasteiger partial charge >= 0.3 is 5.97 Å². The predicted molar refractivity (Wildman–Crippen MR) is 75.1 cm³/mol. The molecule has 0 saturated carbocycles. The van der Waals surface area contributed by atoms with Crippen LogP contribution in [-0.2, 0) is 19.6 Å². The lowest BCUT2D eigenvalue weighted by Gasteiger charge is -2.23. The number of benzene rings is 1. The van der Waals surface area contributed by atoms with Crippen molar-refractivity contribution in [2.24, 2.45) is 0 Å². The van der Waals surface area contributed by atoms with E-state index in [1.165, 1.54) is 23.5 Å². The SMILES string of the molecule is COC(=O)C1CCCN1S(=O)(=O)c1ccc(Cl)cc1C. The summed E-state index contributed by atoms with van der Waals surface area (Å²) in [5.41, 5.74) is 0.563. The van der Waals surface area contributed by atoms with Gasteiger partial charge in [-0.25, -0.2) is 8.42 Å². The van der Waals surface area contributed by atoms with Gasteiger partial charge in [0, 0.05) is 11.6 Å². The Bertz CT molecular complexity index is 629. The molecule has 1 unspecified atom stereocenters. The van der Waals surface area contributed by atoms with Gasteiger partial charge in [0.05, 0.1) is 12.0 Å². The lowest BCUT2D eigenvalue weighted by molar-refractivity contribution is -0.144. The number of ether oxygens (including phenoxy) is 1. The van der Waals surface area contributed by atoms with Gasteiger partial charge in [-0.05, 0) is 43.5 Å². The third-order valence-electron chi connectivity index (χ3n) is 3.40. The Hall–Kier alpha value is -1.11. The van der Waals surface area contributed by atoms with E-state index in [1.807, 2.05) is 0 Å². The van der Waals surface area contributed by atoms with Crippen molar-refractivity contribution in [2.45, 2.75) is 30.7 Å². The van der Waals surface area contributed by atoms with Crippen LogP contribution in [0.1, 0.15) is 18.4 Å². The molecule has 0 amide bonds. The summed E-state index contributed by atoms with van der Waals surface area (Å²) >= 11 is 5.85. The summed E-state index contributed by atoms with van der Waals surface area (Å²) in [6.07, 6.45) is 1.13.